The third-order valence-electron chi connectivity index (χ3n) is 10.8. The largest absolute Gasteiger partial charge is 0.508 e. The summed E-state index contributed by atoms with van der Waals surface area (Å²) in [4.78, 5) is 13.7. The Morgan fingerprint density at radius 1 is 0.957 bits per heavy atom. The van der Waals surface area contributed by atoms with Gasteiger partial charge in [-0.25, -0.2) is 17.6 Å². The van der Waals surface area contributed by atoms with Crippen molar-refractivity contribution in [2.45, 2.75) is 56.2 Å². The van der Waals surface area contributed by atoms with Crippen LogP contribution < -0.4 is 15.0 Å². The van der Waals surface area contributed by atoms with Crippen molar-refractivity contribution in [1.29, 1.82) is 0 Å². The number of ether oxygens (including phenoxy) is 2. The zero-order valence-corrected chi connectivity index (χ0v) is 25.8. The van der Waals surface area contributed by atoms with E-state index in [1.54, 1.807) is 0 Å². The second-order valence-electron chi connectivity index (χ2n) is 14.3. The van der Waals surface area contributed by atoms with E-state index in [1.165, 1.54) is 12.1 Å². The van der Waals surface area contributed by atoms with E-state index in [0.717, 1.165) is 83.0 Å². The minimum absolute atomic E-state index is 0.0141. The van der Waals surface area contributed by atoms with Gasteiger partial charge in [0.1, 0.15) is 22.9 Å². The highest BCUT2D eigenvalue weighted by molar-refractivity contribution is 6.02. The molecular weight excluding hydrogens is 614 g/mol. The van der Waals surface area contributed by atoms with Crippen LogP contribution in [0, 0.1) is 28.7 Å². The van der Waals surface area contributed by atoms with Crippen LogP contribution in [0.2, 0.25) is 0 Å². The van der Waals surface area contributed by atoms with E-state index in [4.69, 9.17) is 14.5 Å². The highest BCUT2D eigenvalue weighted by Gasteiger charge is 2.51. The normalized spacial score (nSPS) is 24.4. The van der Waals surface area contributed by atoms with Gasteiger partial charge >= 0.3 is 6.01 Å². The van der Waals surface area contributed by atoms with Crippen molar-refractivity contribution in [3.05, 3.63) is 53.6 Å². The van der Waals surface area contributed by atoms with Crippen LogP contribution in [0.5, 0.6) is 11.8 Å². The Kier molecular flexibility index (Phi) is 6.65. The lowest BCUT2D eigenvalue weighted by Gasteiger charge is -2.35. The van der Waals surface area contributed by atoms with Gasteiger partial charge in [-0.3, -0.25) is 4.90 Å². The second-order valence-corrected chi connectivity index (χ2v) is 14.3. The van der Waals surface area contributed by atoms with E-state index in [2.05, 4.69) is 15.2 Å². The van der Waals surface area contributed by atoms with Gasteiger partial charge in [-0.15, -0.1) is 0 Å². The number of aromatic hydroxyl groups is 1. The Morgan fingerprint density at radius 2 is 1.74 bits per heavy atom. The monoisotopic (exact) mass is 649 g/mol. The maximum atomic E-state index is 16.7. The highest BCUT2D eigenvalue weighted by Crippen LogP contribution is 2.49. The molecule has 2 saturated carbocycles. The number of benzene rings is 3. The summed E-state index contributed by atoms with van der Waals surface area (Å²) in [6.07, 6.45) is 6.19. The van der Waals surface area contributed by atoms with Gasteiger partial charge in [0.2, 0.25) is 0 Å². The molecule has 1 spiro atoms. The summed E-state index contributed by atoms with van der Waals surface area (Å²) in [6, 6.07) is 6.02. The first-order valence-corrected chi connectivity index (χ1v) is 16.5. The topological polar surface area (TPSA) is 83.0 Å². The number of hydrogen-bond acceptors (Lipinski definition) is 8. The number of nitrogens with one attached hydrogen (secondary N) is 1. The van der Waals surface area contributed by atoms with Crippen LogP contribution in [0.15, 0.2) is 30.3 Å². The zero-order valence-electron chi connectivity index (χ0n) is 25.8. The van der Waals surface area contributed by atoms with Crippen LogP contribution in [0.25, 0.3) is 32.8 Å². The average molecular weight is 650 g/mol. The van der Waals surface area contributed by atoms with E-state index < -0.39 is 28.8 Å². The number of aromatic nitrogens is 2. The number of nitrogens with zero attached hydrogens (tertiary/aromatic N) is 4. The first-order valence-electron chi connectivity index (χ1n) is 16.5. The SMILES string of the molecule is Oc1cc(-c2c(F)cc3c(N4CC5CCC(C4)N5)nc(OCC4(CN5CCOC6(CC6)C5)CC4)nc3c2F)c2c(F)c(F)ccc2c1. The Labute approximate surface area is 268 Å². The number of rotatable bonds is 7. The minimum atomic E-state index is -1.26. The number of fused-ring (bicyclic) bond motifs is 4. The quantitative estimate of drug-likeness (QED) is 0.248. The molecule has 2 atom stereocenters. The average Bonchev–Trinajstić information content (AvgIpc) is 3.96. The van der Waals surface area contributed by atoms with E-state index >= 15 is 13.2 Å². The summed E-state index contributed by atoms with van der Waals surface area (Å²) in [5.41, 5.74) is -1.15. The molecule has 47 heavy (non-hydrogen) atoms. The fourth-order valence-electron chi connectivity index (χ4n) is 7.98. The van der Waals surface area contributed by atoms with E-state index in [0.29, 0.717) is 25.5 Å². The van der Waals surface area contributed by atoms with E-state index in [1.807, 2.05) is 4.90 Å². The third kappa shape index (κ3) is 5.16. The fourth-order valence-corrected chi connectivity index (χ4v) is 7.98. The van der Waals surface area contributed by atoms with Gasteiger partial charge in [0.05, 0.1) is 24.4 Å². The number of halogens is 4. The van der Waals surface area contributed by atoms with Crippen molar-refractivity contribution in [2.75, 3.05) is 50.8 Å². The van der Waals surface area contributed by atoms with Gasteiger partial charge in [0.25, 0.3) is 0 Å². The van der Waals surface area contributed by atoms with Gasteiger partial charge in [-0.05, 0) is 68.2 Å². The molecule has 3 saturated heterocycles. The molecule has 3 aliphatic heterocycles. The van der Waals surface area contributed by atoms with Crippen LogP contribution in [0.4, 0.5) is 23.4 Å². The second kappa shape index (κ2) is 10.6. The van der Waals surface area contributed by atoms with Crippen molar-refractivity contribution in [1.82, 2.24) is 20.2 Å². The molecule has 0 amide bonds. The summed E-state index contributed by atoms with van der Waals surface area (Å²) >= 11 is 0. The molecule has 12 heteroatoms. The van der Waals surface area contributed by atoms with Gasteiger partial charge < -0.3 is 24.8 Å². The maximum absolute atomic E-state index is 16.7. The van der Waals surface area contributed by atoms with Crippen LogP contribution in [0.1, 0.15) is 38.5 Å². The van der Waals surface area contributed by atoms with Crippen molar-refractivity contribution < 1.29 is 32.1 Å². The van der Waals surface area contributed by atoms with E-state index in [9.17, 15) is 9.50 Å². The lowest BCUT2D eigenvalue weighted by atomic mass is 9.95. The summed E-state index contributed by atoms with van der Waals surface area (Å²) in [5, 5.41) is 13.9. The van der Waals surface area contributed by atoms with Gasteiger partial charge in [0.15, 0.2) is 17.5 Å². The number of phenolic OH excluding ortho intramolecular Hbond substituents is 1. The fraction of sp³-hybridized carbons (Fsp3) is 0.486. The maximum Gasteiger partial charge on any atom is 0.319 e. The lowest BCUT2D eigenvalue weighted by Crippen LogP contribution is -2.51. The molecule has 3 aromatic carbocycles. The molecule has 4 aromatic rings. The van der Waals surface area contributed by atoms with Crippen LogP contribution >= 0.6 is 0 Å². The Balaban J connectivity index is 1.12. The number of phenols is 1. The van der Waals surface area contributed by atoms with Gasteiger partial charge in [-0.1, -0.05) is 6.07 Å². The number of hydrogen-bond donors (Lipinski definition) is 2. The first-order chi connectivity index (χ1) is 22.7. The number of morpholine rings is 1. The van der Waals surface area contributed by atoms with Gasteiger partial charge in [0, 0.05) is 66.6 Å². The van der Waals surface area contributed by atoms with Crippen molar-refractivity contribution >= 4 is 27.5 Å². The molecule has 5 aliphatic rings. The molecule has 0 radical (unpaired) electrons. The molecule has 8 nitrogen and oxygen atoms in total. The molecule has 5 fully saturated rings. The molecule has 246 valence electrons. The standard InChI is InChI=1S/C35H35F4N5O3/c36-25-4-1-19-11-22(45)12-23(27(19)29(25)38)28-26(37)13-24-31(30(28)39)41-33(42-32(24)44-14-20-2-3-21(15-44)40-20)46-18-34(5-6-34)16-43-9-10-47-35(17-43)7-8-35/h1,4,11-13,20-21,40,45H,2-3,5-10,14-18H2. The molecule has 2 N–H and O–H groups in total. The molecular formula is C35H35F4N5O3. The Morgan fingerprint density at radius 3 is 2.49 bits per heavy atom. The first kappa shape index (κ1) is 29.4. The summed E-state index contributed by atoms with van der Waals surface area (Å²) in [5.74, 6) is -4.46. The summed E-state index contributed by atoms with van der Waals surface area (Å²) in [6.45, 7) is 4.96. The third-order valence-corrected chi connectivity index (χ3v) is 10.8. The Bertz CT molecular complexity index is 1920. The molecule has 2 aliphatic carbocycles. The molecule has 2 bridgehead atoms. The number of anilines is 1. The Hall–Kier alpha value is -3.74. The van der Waals surface area contributed by atoms with Crippen LogP contribution in [-0.4, -0.2) is 83.6 Å². The highest BCUT2D eigenvalue weighted by atomic mass is 19.2. The minimum Gasteiger partial charge on any atom is -0.508 e. The van der Waals surface area contributed by atoms with Crippen molar-refractivity contribution in [2.24, 2.45) is 5.41 Å². The molecule has 1 aromatic heterocycles. The van der Waals surface area contributed by atoms with Crippen LogP contribution in [-0.2, 0) is 4.74 Å². The van der Waals surface area contributed by atoms with Crippen molar-refractivity contribution in [3.63, 3.8) is 0 Å². The number of piperazine rings is 1. The van der Waals surface area contributed by atoms with Crippen LogP contribution in [0.3, 0.4) is 0 Å². The van der Waals surface area contributed by atoms with Gasteiger partial charge in [-0.2, -0.15) is 9.97 Å². The van der Waals surface area contributed by atoms with Crippen molar-refractivity contribution in [3.8, 4) is 22.9 Å². The summed E-state index contributed by atoms with van der Waals surface area (Å²) in [7, 11) is 0. The predicted octanol–water partition coefficient (Wildman–Crippen LogP) is 5.68. The lowest BCUT2D eigenvalue weighted by molar-refractivity contribution is -0.0532. The zero-order chi connectivity index (χ0) is 32.1. The molecule has 2 unspecified atom stereocenters. The smallest absolute Gasteiger partial charge is 0.319 e. The van der Waals surface area contributed by atoms with E-state index in [-0.39, 0.29) is 62.1 Å². The molecule has 4 heterocycles. The predicted molar refractivity (Wildman–Crippen MR) is 168 cm³/mol. The molecule has 9 rings (SSSR count). The summed E-state index contributed by atoms with van der Waals surface area (Å²) < 4.78 is 74.6.